The van der Waals surface area contributed by atoms with Gasteiger partial charge in [0.2, 0.25) is 0 Å². The van der Waals surface area contributed by atoms with E-state index in [0.717, 1.165) is 0 Å². The van der Waals surface area contributed by atoms with Gasteiger partial charge in [-0.3, -0.25) is 0 Å². The zero-order valence-electron chi connectivity index (χ0n) is 7.43. The van der Waals surface area contributed by atoms with E-state index in [0.29, 0.717) is 0 Å². The van der Waals surface area contributed by atoms with E-state index < -0.39 is 12.2 Å². The van der Waals surface area contributed by atoms with Gasteiger partial charge in [0, 0.05) is 0 Å². The lowest BCUT2D eigenvalue weighted by Gasteiger charge is -2.09. The summed E-state index contributed by atoms with van der Waals surface area (Å²) in [6, 6.07) is 0. The third kappa shape index (κ3) is 1.61. The summed E-state index contributed by atoms with van der Waals surface area (Å²) in [7, 11) is 0. The molecule has 4 unspecified atom stereocenters. The molecule has 2 N–H and O–H groups in total. The maximum Gasteiger partial charge on any atom is 0.114 e. The Balaban J connectivity index is 0.000000336. The van der Waals surface area contributed by atoms with Crippen LogP contribution < -0.4 is 0 Å². The molecule has 4 heteroatoms. The Labute approximate surface area is 72.1 Å². The Kier molecular flexibility index (Phi) is 3.46. The Morgan fingerprint density at radius 2 is 1.25 bits per heavy atom. The highest BCUT2D eigenvalue weighted by atomic mass is 16.6. The lowest BCUT2D eigenvalue weighted by molar-refractivity contribution is 0.00205. The highest BCUT2D eigenvalue weighted by Crippen LogP contribution is 2.26. The first kappa shape index (κ1) is 9.92. The quantitative estimate of drug-likeness (QED) is 0.524. The molecule has 72 valence electrons. The summed E-state index contributed by atoms with van der Waals surface area (Å²) >= 11 is 0. The molecule has 0 aromatic heterocycles. The van der Waals surface area contributed by atoms with E-state index in [9.17, 15) is 0 Å². The minimum absolute atomic E-state index is 0.284. The fourth-order valence-electron chi connectivity index (χ4n) is 1.46. The fourth-order valence-corrected chi connectivity index (χ4v) is 1.46. The highest BCUT2D eigenvalue weighted by Gasteiger charge is 2.46. The Morgan fingerprint density at radius 3 is 1.58 bits per heavy atom. The summed E-state index contributed by atoms with van der Waals surface area (Å²) in [6.45, 7) is 4.57. The molecular formula is C8H16O4. The zero-order chi connectivity index (χ0) is 9.14. The molecule has 4 atom stereocenters. The minimum atomic E-state index is -0.554. The number of hydrogen-bond acceptors (Lipinski definition) is 4. The first-order chi connectivity index (χ1) is 5.79. The molecule has 0 radical (unpaired) electrons. The highest BCUT2D eigenvalue weighted by molar-refractivity contribution is 4.93. The molecule has 2 rings (SSSR count). The van der Waals surface area contributed by atoms with Gasteiger partial charge in [0.15, 0.2) is 0 Å². The van der Waals surface area contributed by atoms with Crippen LogP contribution in [0, 0.1) is 0 Å². The SMILES string of the molecule is CC.OC1COC2C(O)COC12. The third-order valence-electron chi connectivity index (χ3n) is 2.00. The second-order valence-corrected chi connectivity index (χ2v) is 2.73. The molecule has 2 fully saturated rings. The standard InChI is InChI=1S/C6H10O4.C2H6/c7-3-1-9-6-4(8)2-10-5(3)6;1-2/h3-8H,1-2H2;1-2H3. The summed E-state index contributed by atoms with van der Waals surface area (Å²) in [4.78, 5) is 0. The first-order valence-corrected chi connectivity index (χ1v) is 4.38. The maximum atomic E-state index is 9.16. The summed E-state index contributed by atoms with van der Waals surface area (Å²) < 4.78 is 10.2. The van der Waals surface area contributed by atoms with Crippen molar-refractivity contribution < 1.29 is 19.7 Å². The largest absolute Gasteiger partial charge is 0.388 e. The second-order valence-electron chi connectivity index (χ2n) is 2.73. The molecule has 0 saturated carbocycles. The van der Waals surface area contributed by atoms with Crippen LogP contribution in [0.1, 0.15) is 13.8 Å². The number of hydrogen-bond donors (Lipinski definition) is 2. The van der Waals surface area contributed by atoms with E-state index in [1.165, 1.54) is 0 Å². The van der Waals surface area contributed by atoms with Crippen molar-refractivity contribution in [3.63, 3.8) is 0 Å². The Bertz CT molecular complexity index is 123. The Morgan fingerprint density at radius 1 is 0.917 bits per heavy atom. The van der Waals surface area contributed by atoms with Gasteiger partial charge >= 0.3 is 0 Å². The van der Waals surface area contributed by atoms with Gasteiger partial charge in [0.05, 0.1) is 13.2 Å². The van der Waals surface area contributed by atoms with Crippen LogP contribution in [-0.2, 0) is 9.47 Å². The van der Waals surface area contributed by atoms with Crippen LogP contribution in [0.4, 0.5) is 0 Å². The predicted octanol–water partition coefficient (Wildman–Crippen LogP) is -0.468. The second kappa shape index (κ2) is 4.18. The van der Waals surface area contributed by atoms with Crippen molar-refractivity contribution in [3.05, 3.63) is 0 Å². The minimum Gasteiger partial charge on any atom is -0.388 e. The summed E-state index contributed by atoms with van der Waals surface area (Å²) in [5, 5.41) is 18.3. The van der Waals surface area contributed by atoms with Crippen LogP contribution in [0.3, 0.4) is 0 Å². The molecule has 0 aromatic rings. The average Bonchev–Trinajstić information content (AvgIpc) is 2.62. The zero-order valence-corrected chi connectivity index (χ0v) is 7.43. The summed E-state index contributed by atoms with van der Waals surface area (Å²) in [6.07, 6.45) is -1.70. The van der Waals surface area contributed by atoms with Crippen molar-refractivity contribution >= 4 is 0 Å². The maximum absolute atomic E-state index is 9.16. The smallest absolute Gasteiger partial charge is 0.114 e. The number of aliphatic hydroxyl groups is 2. The van der Waals surface area contributed by atoms with Crippen molar-refractivity contribution in [1.82, 2.24) is 0 Å². The van der Waals surface area contributed by atoms with E-state index in [-0.39, 0.29) is 25.4 Å². The molecule has 2 aliphatic rings. The molecule has 0 bridgehead atoms. The molecular weight excluding hydrogens is 160 g/mol. The van der Waals surface area contributed by atoms with Gasteiger partial charge in [0.1, 0.15) is 24.4 Å². The van der Waals surface area contributed by atoms with Crippen LogP contribution >= 0.6 is 0 Å². The molecule has 0 spiro atoms. The fraction of sp³-hybridized carbons (Fsp3) is 1.00. The van der Waals surface area contributed by atoms with Gasteiger partial charge in [-0.05, 0) is 0 Å². The summed E-state index contributed by atoms with van der Waals surface area (Å²) in [5.41, 5.74) is 0. The van der Waals surface area contributed by atoms with E-state index in [1.807, 2.05) is 13.8 Å². The third-order valence-corrected chi connectivity index (χ3v) is 2.00. The molecule has 0 aromatic carbocycles. The molecule has 2 heterocycles. The van der Waals surface area contributed by atoms with Crippen LogP contribution in [0.2, 0.25) is 0 Å². The number of aliphatic hydroxyl groups excluding tert-OH is 2. The molecule has 4 nitrogen and oxygen atoms in total. The molecule has 2 saturated heterocycles. The summed E-state index contributed by atoms with van der Waals surface area (Å²) in [5.74, 6) is 0. The van der Waals surface area contributed by atoms with Crippen molar-refractivity contribution in [2.24, 2.45) is 0 Å². The van der Waals surface area contributed by atoms with Gasteiger partial charge in [-0.2, -0.15) is 0 Å². The first-order valence-electron chi connectivity index (χ1n) is 4.38. The normalized spacial score (nSPS) is 45.0. The van der Waals surface area contributed by atoms with Gasteiger partial charge in [-0.25, -0.2) is 0 Å². The van der Waals surface area contributed by atoms with Gasteiger partial charge in [-0.15, -0.1) is 0 Å². The van der Waals surface area contributed by atoms with Crippen molar-refractivity contribution in [2.45, 2.75) is 38.3 Å². The van der Waals surface area contributed by atoms with Gasteiger partial charge < -0.3 is 19.7 Å². The van der Waals surface area contributed by atoms with Crippen molar-refractivity contribution in [3.8, 4) is 0 Å². The van der Waals surface area contributed by atoms with Crippen molar-refractivity contribution in [1.29, 1.82) is 0 Å². The lowest BCUT2D eigenvalue weighted by Crippen LogP contribution is -2.30. The van der Waals surface area contributed by atoms with Gasteiger partial charge in [0.25, 0.3) is 0 Å². The van der Waals surface area contributed by atoms with Crippen molar-refractivity contribution in [2.75, 3.05) is 13.2 Å². The van der Waals surface area contributed by atoms with Crippen LogP contribution in [-0.4, -0.2) is 47.8 Å². The van der Waals surface area contributed by atoms with E-state index in [4.69, 9.17) is 19.7 Å². The number of fused-ring (bicyclic) bond motifs is 1. The van der Waals surface area contributed by atoms with Crippen LogP contribution in [0.25, 0.3) is 0 Å². The topological polar surface area (TPSA) is 58.9 Å². The average molecular weight is 176 g/mol. The number of ether oxygens (including phenoxy) is 2. The molecule has 12 heavy (non-hydrogen) atoms. The van der Waals surface area contributed by atoms with Crippen LogP contribution in [0.5, 0.6) is 0 Å². The van der Waals surface area contributed by atoms with E-state index in [2.05, 4.69) is 0 Å². The predicted molar refractivity (Wildman–Crippen MR) is 42.8 cm³/mol. The number of rotatable bonds is 0. The van der Waals surface area contributed by atoms with Crippen LogP contribution in [0.15, 0.2) is 0 Å². The Hall–Kier alpha value is -0.160. The van der Waals surface area contributed by atoms with E-state index >= 15 is 0 Å². The molecule has 2 aliphatic heterocycles. The monoisotopic (exact) mass is 176 g/mol. The molecule has 0 aliphatic carbocycles. The molecule has 0 amide bonds. The van der Waals surface area contributed by atoms with E-state index in [1.54, 1.807) is 0 Å². The lowest BCUT2D eigenvalue weighted by atomic mass is 10.1. The van der Waals surface area contributed by atoms with Gasteiger partial charge in [-0.1, -0.05) is 13.8 Å².